The van der Waals surface area contributed by atoms with Crippen LogP contribution in [0.1, 0.15) is 12.0 Å². The number of pyridine rings is 1. The monoisotopic (exact) mass is 349 g/mol. The molecular formula is C22H23NO3. The van der Waals surface area contributed by atoms with Gasteiger partial charge in [0.2, 0.25) is 0 Å². The highest BCUT2D eigenvalue weighted by molar-refractivity contribution is 5.84. The number of ether oxygens (including phenoxy) is 3. The van der Waals surface area contributed by atoms with Crippen molar-refractivity contribution in [1.82, 2.24) is 4.98 Å². The van der Waals surface area contributed by atoms with Gasteiger partial charge in [0.05, 0.1) is 20.3 Å². The number of rotatable bonds is 9. The summed E-state index contributed by atoms with van der Waals surface area (Å²) in [5, 5.41) is 1.07. The molecule has 1 heterocycles. The third-order valence-corrected chi connectivity index (χ3v) is 4.01. The molecule has 0 radical (unpaired) electrons. The van der Waals surface area contributed by atoms with Gasteiger partial charge in [-0.3, -0.25) is 4.98 Å². The van der Waals surface area contributed by atoms with Crippen LogP contribution in [0.2, 0.25) is 0 Å². The summed E-state index contributed by atoms with van der Waals surface area (Å²) in [7, 11) is 1.65. The summed E-state index contributed by atoms with van der Waals surface area (Å²) >= 11 is 0. The van der Waals surface area contributed by atoms with Crippen LogP contribution in [0.5, 0.6) is 17.2 Å². The van der Waals surface area contributed by atoms with Crippen molar-refractivity contribution in [1.29, 1.82) is 0 Å². The zero-order chi connectivity index (χ0) is 18.2. The molecule has 0 saturated heterocycles. The van der Waals surface area contributed by atoms with Crippen LogP contribution in [0, 0.1) is 0 Å². The molecule has 1 aromatic heterocycles. The van der Waals surface area contributed by atoms with E-state index in [2.05, 4.69) is 11.6 Å². The summed E-state index contributed by atoms with van der Waals surface area (Å²) in [4.78, 5) is 4.39. The largest absolute Gasteiger partial charge is 0.493 e. The number of benzene rings is 2. The minimum Gasteiger partial charge on any atom is -0.493 e. The highest BCUT2D eigenvalue weighted by Crippen LogP contribution is 2.28. The van der Waals surface area contributed by atoms with E-state index in [1.165, 1.54) is 0 Å². The lowest BCUT2D eigenvalue weighted by Crippen LogP contribution is -2.06. The molecule has 0 N–H and O–H groups in total. The fourth-order valence-corrected chi connectivity index (χ4v) is 2.74. The van der Waals surface area contributed by atoms with Gasteiger partial charge in [0, 0.05) is 18.0 Å². The average molecular weight is 349 g/mol. The van der Waals surface area contributed by atoms with E-state index in [1.807, 2.05) is 54.6 Å². The molecule has 2 aromatic carbocycles. The standard InChI is InChI=1S/C22H23NO3/c1-3-7-17-11-12-19(21(16-17)24-2)25-14-6-15-26-20-10-4-8-18-9-5-13-23-22(18)20/h3-5,8-13,16H,1,6-7,14-15H2,2H3. The quantitative estimate of drug-likeness (QED) is 0.410. The molecule has 26 heavy (non-hydrogen) atoms. The first-order valence-electron chi connectivity index (χ1n) is 8.69. The molecule has 0 spiro atoms. The van der Waals surface area contributed by atoms with E-state index in [0.29, 0.717) is 13.2 Å². The second-order valence-electron chi connectivity index (χ2n) is 5.86. The Balaban J connectivity index is 1.52. The lowest BCUT2D eigenvalue weighted by molar-refractivity contribution is 0.241. The fourth-order valence-electron chi connectivity index (χ4n) is 2.74. The van der Waals surface area contributed by atoms with Crippen LogP contribution >= 0.6 is 0 Å². The Labute approximate surface area is 154 Å². The summed E-state index contributed by atoms with van der Waals surface area (Å²) in [6, 6.07) is 15.8. The Morgan fingerprint density at radius 2 is 1.77 bits per heavy atom. The maximum absolute atomic E-state index is 5.88. The van der Waals surface area contributed by atoms with Crippen molar-refractivity contribution in [2.75, 3.05) is 20.3 Å². The first-order valence-corrected chi connectivity index (χ1v) is 8.69. The van der Waals surface area contributed by atoms with E-state index in [4.69, 9.17) is 14.2 Å². The number of aromatic nitrogens is 1. The van der Waals surface area contributed by atoms with Gasteiger partial charge in [0.25, 0.3) is 0 Å². The smallest absolute Gasteiger partial charge is 0.161 e. The number of allylic oxidation sites excluding steroid dienone is 1. The van der Waals surface area contributed by atoms with Gasteiger partial charge < -0.3 is 14.2 Å². The maximum atomic E-state index is 5.88. The van der Waals surface area contributed by atoms with E-state index < -0.39 is 0 Å². The van der Waals surface area contributed by atoms with Gasteiger partial charge in [-0.1, -0.05) is 30.3 Å². The van der Waals surface area contributed by atoms with Crippen LogP contribution in [-0.4, -0.2) is 25.3 Å². The van der Waals surface area contributed by atoms with Crippen LogP contribution in [-0.2, 0) is 6.42 Å². The second kappa shape index (κ2) is 8.90. The van der Waals surface area contributed by atoms with Crippen LogP contribution in [0.4, 0.5) is 0 Å². The highest BCUT2D eigenvalue weighted by atomic mass is 16.5. The molecule has 134 valence electrons. The zero-order valence-corrected chi connectivity index (χ0v) is 15.0. The van der Waals surface area contributed by atoms with Crippen molar-refractivity contribution >= 4 is 10.9 Å². The van der Waals surface area contributed by atoms with Crippen LogP contribution < -0.4 is 14.2 Å². The van der Waals surface area contributed by atoms with Crippen LogP contribution in [0.3, 0.4) is 0 Å². The third-order valence-electron chi connectivity index (χ3n) is 4.01. The van der Waals surface area contributed by atoms with Crippen molar-refractivity contribution < 1.29 is 14.2 Å². The lowest BCUT2D eigenvalue weighted by Gasteiger charge is -2.12. The van der Waals surface area contributed by atoms with Gasteiger partial charge in [-0.05, 0) is 36.2 Å². The van der Waals surface area contributed by atoms with Gasteiger partial charge in [0.15, 0.2) is 11.5 Å². The zero-order valence-electron chi connectivity index (χ0n) is 15.0. The number of hydrogen-bond donors (Lipinski definition) is 0. The van der Waals surface area contributed by atoms with Gasteiger partial charge in [-0.15, -0.1) is 6.58 Å². The maximum Gasteiger partial charge on any atom is 0.161 e. The number of methoxy groups -OCH3 is 1. The molecule has 0 unspecified atom stereocenters. The van der Waals surface area contributed by atoms with Gasteiger partial charge in [-0.2, -0.15) is 0 Å². The van der Waals surface area contributed by atoms with E-state index in [9.17, 15) is 0 Å². The molecule has 0 saturated carbocycles. The molecule has 3 aromatic rings. The molecule has 4 nitrogen and oxygen atoms in total. The number of hydrogen-bond acceptors (Lipinski definition) is 4. The molecule has 0 amide bonds. The normalized spacial score (nSPS) is 10.5. The molecular weight excluding hydrogens is 326 g/mol. The predicted octanol–water partition coefficient (Wildman–Crippen LogP) is 4.82. The molecule has 3 rings (SSSR count). The molecule has 0 aliphatic rings. The summed E-state index contributed by atoms with van der Waals surface area (Å²) in [5.41, 5.74) is 2.03. The topological polar surface area (TPSA) is 40.6 Å². The predicted molar refractivity (Wildman–Crippen MR) is 104 cm³/mol. The average Bonchev–Trinajstić information content (AvgIpc) is 2.69. The Hall–Kier alpha value is -3.01. The van der Waals surface area contributed by atoms with Crippen molar-refractivity contribution in [2.45, 2.75) is 12.8 Å². The molecule has 0 bridgehead atoms. The summed E-state index contributed by atoms with van der Waals surface area (Å²) in [5.74, 6) is 2.28. The van der Waals surface area contributed by atoms with E-state index in [-0.39, 0.29) is 0 Å². The lowest BCUT2D eigenvalue weighted by atomic mass is 10.1. The van der Waals surface area contributed by atoms with E-state index >= 15 is 0 Å². The molecule has 0 aliphatic heterocycles. The summed E-state index contributed by atoms with van der Waals surface area (Å²) in [6.45, 7) is 4.87. The minimum absolute atomic E-state index is 0.551. The Bertz CT molecular complexity index is 871. The van der Waals surface area contributed by atoms with Crippen LogP contribution in [0.15, 0.2) is 67.4 Å². The fraction of sp³-hybridized carbons (Fsp3) is 0.227. The third kappa shape index (κ3) is 4.33. The van der Waals surface area contributed by atoms with Crippen LogP contribution in [0.25, 0.3) is 10.9 Å². The highest BCUT2D eigenvalue weighted by Gasteiger charge is 2.06. The van der Waals surface area contributed by atoms with Crippen molar-refractivity contribution in [3.05, 3.63) is 72.9 Å². The molecule has 0 aliphatic carbocycles. The Kier molecular flexibility index (Phi) is 6.09. The van der Waals surface area contributed by atoms with Gasteiger partial charge >= 0.3 is 0 Å². The summed E-state index contributed by atoms with van der Waals surface area (Å²) in [6.07, 6.45) is 5.22. The SMILES string of the molecule is C=CCc1ccc(OCCCOc2cccc3cccnc23)c(OC)c1. The molecule has 0 fully saturated rings. The van der Waals surface area contributed by atoms with E-state index in [0.717, 1.165) is 46.6 Å². The van der Waals surface area contributed by atoms with Crippen molar-refractivity contribution in [3.63, 3.8) is 0 Å². The molecule has 0 atom stereocenters. The van der Waals surface area contributed by atoms with Gasteiger partial charge in [-0.25, -0.2) is 0 Å². The molecule has 4 heteroatoms. The van der Waals surface area contributed by atoms with Crippen molar-refractivity contribution in [2.24, 2.45) is 0 Å². The number of fused-ring (bicyclic) bond motifs is 1. The Morgan fingerprint density at radius 1 is 0.962 bits per heavy atom. The Morgan fingerprint density at radius 3 is 2.58 bits per heavy atom. The second-order valence-corrected chi connectivity index (χ2v) is 5.86. The number of para-hydroxylation sites is 1. The van der Waals surface area contributed by atoms with E-state index in [1.54, 1.807) is 13.3 Å². The minimum atomic E-state index is 0.551. The first-order chi connectivity index (χ1) is 12.8. The van der Waals surface area contributed by atoms with Gasteiger partial charge in [0.1, 0.15) is 11.3 Å². The summed E-state index contributed by atoms with van der Waals surface area (Å²) < 4.78 is 17.1. The first kappa shape index (κ1) is 17.8. The van der Waals surface area contributed by atoms with Crippen molar-refractivity contribution in [3.8, 4) is 17.2 Å². The number of nitrogens with zero attached hydrogens (tertiary/aromatic N) is 1.